The molecule has 0 spiro atoms. The van der Waals surface area contributed by atoms with Crippen molar-refractivity contribution in [3.63, 3.8) is 0 Å². The minimum Gasteiger partial charge on any atom is -0.748 e. The smallest absolute Gasteiger partial charge is 0.748 e. The Kier molecular flexibility index (Phi) is 33.6. The fourth-order valence-electron chi connectivity index (χ4n) is 7.85. The van der Waals surface area contributed by atoms with Gasteiger partial charge in [-0.05, 0) is 125 Å². The Morgan fingerprint density at radius 1 is 0.537 bits per heavy atom. The maximum atomic E-state index is 13.0. The number of nitrogens with zero attached hydrogens (tertiary/aromatic N) is 10. The van der Waals surface area contributed by atoms with Gasteiger partial charge >= 0.3 is 159 Å². The van der Waals surface area contributed by atoms with E-state index in [4.69, 9.17) is 0 Å². The Labute approximate surface area is 652 Å². The molecule has 0 saturated carbocycles. The molecule has 476 valence electrons. The molecule has 0 aliphatic carbocycles. The van der Waals surface area contributed by atoms with E-state index < -0.39 is 112 Å². The molecule has 0 saturated heterocycles. The minimum atomic E-state index is -5.16. The first-order chi connectivity index (χ1) is 42.2. The Hall–Kier alpha value is -4.73. The molecule has 0 atom stereocenters. The Balaban J connectivity index is 0.000000616. The molecule has 8 aromatic rings. The van der Waals surface area contributed by atoms with Crippen molar-refractivity contribution in [3.8, 4) is 11.8 Å². The minimum absolute atomic E-state index is 0. The van der Waals surface area contributed by atoms with Crippen molar-refractivity contribution >= 4 is 122 Å². The summed E-state index contributed by atoms with van der Waals surface area (Å²) in [6, 6.07) is 17.3. The third-order valence-electron chi connectivity index (χ3n) is 12.1. The molecular formula is C48H43N16Na5O21S5. The maximum Gasteiger partial charge on any atom is 1.00 e. The van der Waals surface area contributed by atoms with Crippen LogP contribution in [-0.4, -0.2) is 101 Å². The molecule has 0 unspecified atom stereocenters. The number of aromatic hydroxyl groups is 2. The van der Waals surface area contributed by atoms with Crippen LogP contribution in [0.2, 0.25) is 0 Å². The number of aromatic nitrogens is 8. The largest absolute Gasteiger partial charge is 1.00 e. The van der Waals surface area contributed by atoms with Crippen molar-refractivity contribution in [1.82, 2.24) is 39.0 Å². The zero-order valence-corrected chi connectivity index (χ0v) is 65.5. The van der Waals surface area contributed by atoms with Crippen LogP contribution in [0.15, 0.2) is 144 Å². The Morgan fingerprint density at radius 3 is 1.41 bits per heavy atom. The van der Waals surface area contributed by atoms with Gasteiger partial charge in [0.2, 0.25) is 23.8 Å². The second-order valence-corrected chi connectivity index (χ2v) is 24.3. The molecule has 95 heavy (non-hydrogen) atoms. The van der Waals surface area contributed by atoms with Crippen LogP contribution in [0.3, 0.4) is 0 Å². The first-order valence-corrected chi connectivity index (χ1v) is 31.4. The SMILES string of the molecule is CCn1c(O)c(C)c(C)c(N=Nc2cc(Nc3nc(Nc4cccc(S(=O)(=O)[O-])c4)[nH]c(=O)n3)ccc2S(=O)(=O)[O-])c1=O.CCn1c(O)c(CS(=O)(=O)[O-])c(C)c(N=Nc2cc(Nc3nc(Nc4ccc(SOO[O-])cc4)nc(=O)[nH]3)ccc2S(=O)(=O)[O-])c1=O.[Na+].[Na+].[Na+].[Na+].[Na+]. The average molecular weight is 1460 g/mol. The van der Waals surface area contributed by atoms with Gasteiger partial charge in [0, 0.05) is 51.9 Å². The van der Waals surface area contributed by atoms with Crippen LogP contribution in [0.25, 0.3) is 0 Å². The summed E-state index contributed by atoms with van der Waals surface area (Å²) in [4.78, 5) is 68.7. The van der Waals surface area contributed by atoms with E-state index in [2.05, 4.69) is 81.0 Å². The van der Waals surface area contributed by atoms with Crippen LogP contribution in [0.1, 0.15) is 36.1 Å². The molecule has 4 aromatic carbocycles. The summed E-state index contributed by atoms with van der Waals surface area (Å²) in [6.07, 6.45) is 0. The molecule has 8 rings (SSSR count). The molecule has 0 amide bonds. The number of nitrogens with one attached hydrogen (secondary N) is 6. The van der Waals surface area contributed by atoms with Gasteiger partial charge in [-0.3, -0.25) is 33.7 Å². The van der Waals surface area contributed by atoms with E-state index in [9.17, 15) is 86.5 Å². The predicted molar refractivity (Wildman–Crippen MR) is 308 cm³/mol. The molecule has 0 radical (unpaired) electrons. The summed E-state index contributed by atoms with van der Waals surface area (Å²) in [5, 5.41) is 60.0. The second kappa shape index (κ2) is 36.9. The molecule has 37 nitrogen and oxygen atoms in total. The summed E-state index contributed by atoms with van der Waals surface area (Å²) in [6.45, 7) is 7.29. The summed E-state index contributed by atoms with van der Waals surface area (Å²) >= 11 is 0.663. The van der Waals surface area contributed by atoms with E-state index in [0.29, 0.717) is 28.2 Å². The van der Waals surface area contributed by atoms with Gasteiger partial charge in [0.05, 0.1) is 42.6 Å². The van der Waals surface area contributed by atoms with Crippen molar-refractivity contribution < 1.29 is 225 Å². The summed E-state index contributed by atoms with van der Waals surface area (Å²) in [5.41, 5.74) is -4.51. The number of aromatic amines is 2. The van der Waals surface area contributed by atoms with Gasteiger partial charge in [0.1, 0.15) is 41.7 Å². The van der Waals surface area contributed by atoms with Gasteiger partial charge < -0.3 is 54.9 Å². The van der Waals surface area contributed by atoms with Gasteiger partial charge in [0.15, 0.2) is 23.1 Å². The molecular weight excluding hydrogens is 1410 g/mol. The zero-order valence-electron chi connectivity index (χ0n) is 51.4. The first kappa shape index (κ1) is 86.4. The van der Waals surface area contributed by atoms with Gasteiger partial charge in [-0.1, -0.05) is 6.07 Å². The molecule has 0 aliphatic rings. The van der Waals surface area contributed by atoms with Crippen LogP contribution in [0.5, 0.6) is 11.8 Å². The maximum absolute atomic E-state index is 13.0. The monoisotopic (exact) mass is 1450 g/mol. The van der Waals surface area contributed by atoms with E-state index >= 15 is 0 Å². The molecule has 0 bridgehead atoms. The third-order valence-corrected chi connectivity index (χ3v) is 16.0. The van der Waals surface area contributed by atoms with Crippen molar-refractivity contribution in [3.05, 3.63) is 149 Å². The normalized spacial score (nSPS) is 11.4. The van der Waals surface area contributed by atoms with Gasteiger partial charge in [0.25, 0.3) is 11.1 Å². The van der Waals surface area contributed by atoms with Crippen LogP contribution >= 0.6 is 12.0 Å². The van der Waals surface area contributed by atoms with Gasteiger partial charge in [-0.15, -0.1) is 20.5 Å². The first-order valence-electron chi connectivity index (χ1n) is 24.9. The Morgan fingerprint density at radius 2 is 0.968 bits per heavy atom. The Bertz CT molecular complexity index is 4920. The molecule has 0 fully saturated rings. The van der Waals surface area contributed by atoms with E-state index in [1.165, 1.54) is 39.0 Å². The number of hydrogen-bond acceptors (Lipinski definition) is 34. The van der Waals surface area contributed by atoms with E-state index in [1.807, 2.05) is 0 Å². The number of anilines is 8. The van der Waals surface area contributed by atoms with Crippen LogP contribution in [0, 0.1) is 20.8 Å². The van der Waals surface area contributed by atoms with Crippen LogP contribution in [0.4, 0.5) is 69.3 Å². The summed E-state index contributed by atoms with van der Waals surface area (Å²) in [5.74, 6) is -3.08. The number of hydrogen-bond donors (Lipinski definition) is 8. The molecule has 8 N–H and O–H groups in total. The fourth-order valence-corrected chi connectivity index (χ4v) is 10.6. The number of azo groups is 2. The van der Waals surface area contributed by atoms with Crippen LogP contribution in [-0.2, 0) is 68.7 Å². The summed E-state index contributed by atoms with van der Waals surface area (Å²) in [7, 11) is -19.9. The topological polar surface area (TPSA) is 570 Å². The predicted octanol–water partition coefficient (Wildman–Crippen LogP) is -11.2. The van der Waals surface area contributed by atoms with Crippen molar-refractivity contribution in [2.24, 2.45) is 20.5 Å². The van der Waals surface area contributed by atoms with E-state index in [-0.39, 0.29) is 224 Å². The standard InChI is InChI=1S/C24H24N8O12S3.C24H24N8O9S2.5Na/c1-3-32-20(33)16(11-46(37,38)39)12(2)19(21(32)34)31-30-17-10-14(6-9-18(17)47(40,41)42)26-23-27-22(28-24(35)29-23)25-13-4-7-15(8-5-13)45-44-43-36;1-4-32-20(33)13(3)12(2)19(21(32)34)31-30-17-11-15(8-9-18(17)43(39,40)41)26-23-27-22(28-24(35)29-23)25-14-6-5-7-16(10-14)42(36,37)38;;;;;/h4-10,33,36H,3,11H2,1-2H3,(H,37,38,39)(H,40,41,42)(H3,25,26,27,28,29,35);5-11,33H,4H2,1-3H3,(H,36,37,38)(H,39,40,41)(H3,25,26,27,28,29,35);;;;;/q;;5*+1/p-5. The molecule has 4 heterocycles. The van der Waals surface area contributed by atoms with Crippen molar-refractivity contribution in [2.75, 3.05) is 21.3 Å². The quantitative estimate of drug-likeness (QED) is 0.00780. The second-order valence-electron chi connectivity index (χ2n) is 18.0. The number of rotatable bonds is 22. The molecule has 4 aromatic heterocycles. The van der Waals surface area contributed by atoms with Crippen molar-refractivity contribution in [2.45, 2.75) is 73.0 Å². The van der Waals surface area contributed by atoms with E-state index in [0.717, 1.165) is 51.6 Å². The number of pyridine rings is 2. The van der Waals surface area contributed by atoms with Crippen LogP contribution < -0.4 is 197 Å². The average Bonchev–Trinajstić information content (AvgIpc) is 0.790. The summed E-state index contributed by atoms with van der Waals surface area (Å²) < 4.78 is 146. The fraction of sp³-hybridized carbons (Fsp3) is 0.167. The molecule has 0 aliphatic heterocycles. The van der Waals surface area contributed by atoms with Gasteiger partial charge in [-0.25, -0.2) is 43.3 Å². The number of H-pyrrole nitrogens is 2. The zero-order chi connectivity index (χ0) is 66.2. The number of benzene rings is 4. The molecule has 47 heteroatoms. The third kappa shape index (κ3) is 23.5. The van der Waals surface area contributed by atoms with Gasteiger partial charge in [-0.2, -0.15) is 24.3 Å². The van der Waals surface area contributed by atoms with E-state index in [1.54, 1.807) is 38.1 Å². The van der Waals surface area contributed by atoms with Crippen molar-refractivity contribution in [1.29, 1.82) is 0 Å².